The number of benzene rings is 1. The third-order valence-corrected chi connectivity index (χ3v) is 4.81. The van der Waals surface area contributed by atoms with Crippen LogP contribution < -0.4 is 15.0 Å². The molecule has 0 aromatic heterocycles. The van der Waals surface area contributed by atoms with E-state index in [1.54, 1.807) is 23.1 Å². The van der Waals surface area contributed by atoms with Crippen LogP contribution in [0.1, 0.15) is 18.9 Å². The number of carbonyl (C=O) groups excluding carboxylic acids is 2. The number of hydrogen-bond acceptors (Lipinski definition) is 7. The second-order valence-electron chi connectivity index (χ2n) is 5.50. The molecule has 3 rings (SSSR count). The number of thioether (sulfide) groups is 1. The molecule has 1 fully saturated rings. The summed E-state index contributed by atoms with van der Waals surface area (Å²) in [5, 5.41) is 18.6. The average Bonchev–Trinajstić information content (AvgIpc) is 2.93. The number of fused-ring (bicyclic) bond motifs is 1. The molecule has 2 aliphatic rings. The van der Waals surface area contributed by atoms with E-state index in [-0.39, 0.29) is 24.1 Å². The third kappa shape index (κ3) is 3.85. The lowest BCUT2D eigenvalue weighted by molar-refractivity contribution is -0.138. The molecular formula is C16H16N4O5S. The number of carbonyl (C=O) groups is 3. The number of likely N-dealkylation sites (N-methyl/N-ethyl adjacent to an activating group) is 1. The molecule has 26 heavy (non-hydrogen) atoms. The highest BCUT2D eigenvalue weighted by Crippen LogP contribution is 2.32. The van der Waals surface area contributed by atoms with Crippen molar-refractivity contribution in [3.8, 4) is 5.75 Å². The van der Waals surface area contributed by atoms with Crippen molar-refractivity contribution in [2.24, 2.45) is 10.2 Å². The molecule has 0 radical (unpaired) electrons. The Balaban J connectivity index is 1.72. The summed E-state index contributed by atoms with van der Waals surface area (Å²) < 4.78 is 5.40. The standard InChI is InChI=1S/C16H16N4O5S/c1-2-20-10-5-9(3-4-11(10)25-8-13(20)21)7-17-19-16-18-15(24)12(26-16)6-14(22)23/h3-5,7,12H,2,6,8H2,1H3,(H,22,23)(H,18,19,24). The number of carboxylic acids is 1. The van der Waals surface area contributed by atoms with Crippen molar-refractivity contribution in [2.45, 2.75) is 18.6 Å². The smallest absolute Gasteiger partial charge is 0.305 e. The van der Waals surface area contributed by atoms with Crippen molar-refractivity contribution >= 4 is 46.6 Å². The van der Waals surface area contributed by atoms with Gasteiger partial charge < -0.3 is 20.1 Å². The number of aliphatic carboxylic acids is 1. The molecule has 0 spiro atoms. The second kappa shape index (κ2) is 7.56. The number of amidine groups is 1. The zero-order valence-electron chi connectivity index (χ0n) is 13.8. The van der Waals surface area contributed by atoms with Crippen molar-refractivity contribution < 1.29 is 24.2 Å². The predicted molar refractivity (Wildman–Crippen MR) is 96.8 cm³/mol. The monoisotopic (exact) mass is 376 g/mol. The van der Waals surface area contributed by atoms with E-state index in [4.69, 9.17) is 9.84 Å². The van der Waals surface area contributed by atoms with Crippen LogP contribution in [0.5, 0.6) is 5.75 Å². The van der Waals surface area contributed by atoms with Gasteiger partial charge in [-0.2, -0.15) is 5.10 Å². The fraction of sp³-hybridized carbons (Fsp3) is 0.312. The van der Waals surface area contributed by atoms with Gasteiger partial charge in [-0.05, 0) is 30.7 Å². The van der Waals surface area contributed by atoms with Crippen LogP contribution in [0.15, 0.2) is 28.4 Å². The van der Waals surface area contributed by atoms with E-state index in [1.165, 1.54) is 6.21 Å². The number of hydrogen-bond donors (Lipinski definition) is 2. The third-order valence-electron chi connectivity index (χ3n) is 3.73. The molecule has 1 aromatic rings. The second-order valence-corrected chi connectivity index (χ2v) is 6.69. The van der Waals surface area contributed by atoms with Crippen molar-refractivity contribution in [2.75, 3.05) is 18.1 Å². The fourth-order valence-electron chi connectivity index (χ4n) is 2.54. The molecule has 9 nitrogen and oxygen atoms in total. The molecular weight excluding hydrogens is 360 g/mol. The largest absolute Gasteiger partial charge is 0.482 e. The number of nitrogens with zero attached hydrogens (tertiary/aromatic N) is 3. The fourth-order valence-corrected chi connectivity index (χ4v) is 3.45. The molecule has 1 unspecified atom stereocenters. The summed E-state index contributed by atoms with van der Waals surface area (Å²) in [6.07, 6.45) is 1.21. The van der Waals surface area contributed by atoms with Gasteiger partial charge in [-0.1, -0.05) is 11.8 Å². The Morgan fingerprint density at radius 3 is 3.04 bits per heavy atom. The van der Waals surface area contributed by atoms with E-state index in [0.29, 0.717) is 23.5 Å². The Labute approximate surface area is 153 Å². The summed E-state index contributed by atoms with van der Waals surface area (Å²) in [6.45, 7) is 2.44. The molecule has 1 aromatic carbocycles. The van der Waals surface area contributed by atoms with Gasteiger partial charge in [0.25, 0.3) is 5.91 Å². The Morgan fingerprint density at radius 1 is 1.50 bits per heavy atom. The summed E-state index contributed by atoms with van der Waals surface area (Å²) in [5.74, 6) is -0.919. The summed E-state index contributed by atoms with van der Waals surface area (Å²) in [6, 6.07) is 5.31. The first kappa shape index (κ1) is 17.9. The maximum absolute atomic E-state index is 11.9. The molecule has 2 amide bonds. The summed E-state index contributed by atoms with van der Waals surface area (Å²) >= 11 is 1.03. The highest BCUT2D eigenvalue weighted by molar-refractivity contribution is 8.15. The Bertz CT molecular complexity index is 823. The quantitative estimate of drug-likeness (QED) is 0.580. The molecule has 2 aliphatic heterocycles. The van der Waals surface area contributed by atoms with E-state index in [0.717, 1.165) is 11.8 Å². The number of anilines is 1. The topological polar surface area (TPSA) is 121 Å². The van der Waals surface area contributed by atoms with Crippen LogP contribution in [0.3, 0.4) is 0 Å². The molecule has 1 saturated heterocycles. The van der Waals surface area contributed by atoms with Crippen molar-refractivity contribution in [1.82, 2.24) is 5.32 Å². The molecule has 0 saturated carbocycles. The van der Waals surface area contributed by atoms with Crippen LogP contribution in [0.25, 0.3) is 0 Å². The number of carboxylic acid groups (broad SMARTS) is 1. The predicted octanol–water partition coefficient (Wildman–Crippen LogP) is 0.828. The zero-order valence-corrected chi connectivity index (χ0v) is 14.7. The van der Waals surface area contributed by atoms with E-state index in [1.807, 2.05) is 6.92 Å². The highest BCUT2D eigenvalue weighted by atomic mass is 32.2. The Hall–Kier alpha value is -2.88. The maximum atomic E-state index is 11.9. The van der Waals surface area contributed by atoms with Crippen LogP contribution in [0, 0.1) is 0 Å². The molecule has 1 atom stereocenters. The Kier molecular flexibility index (Phi) is 5.21. The first-order chi connectivity index (χ1) is 12.5. The lowest BCUT2D eigenvalue weighted by atomic mass is 10.1. The van der Waals surface area contributed by atoms with Crippen LogP contribution >= 0.6 is 11.8 Å². The van der Waals surface area contributed by atoms with Crippen LogP contribution in [-0.4, -0.2) is 52.7 Å². The van der Waals surface area contributed by atoms with E-state index < -0.39 is 17.1 Å². The molecule has 2 heterocycles. The van der Waals surface area contributed by atoms with Gasteiger partial charge in [0.2, 0.25) is 5.91 Å². The van der Waals surface area contributed by atoms with E-state index in [9.17, 15) is 14.4 Å². The zero-order chi connectivity index (χ0) is 18.7. The van der Waals surface area contributed by atoms with Gasteiger partial charge in [-0.25, -0.2) is 0 Å². The van der Waals surface area contributed by atoms with Crippen molar-refractivity contribution in [3.05, 3.63) is 23.8 Å². The van der Waals surface area contributed by atoms with Crippen LogP contribution in [0.4, 0.5) is 5.69 Å². The van der Waals surface area contributed by atoms with E-state index >= 15 is 0 Å². The van der Waals surface area contributed by atoms with Gasteiger partial charge in [0, 0.05) is 6.54 Å². The maximum Gasteiger partial charge on any atom is 0.305 e. The number of amides is 2. The van der Waals surface area contributed by atoms with E-state index in [2.05, 4.69) is 15.5 Å². The van der Waals surface area contributed by atoms with Crippen molar-refractivity contribution in [1.29, 1.82) is 0 Å². The number of ether oxygens (including phenoxy) is 1. The SMILES string of the molecule is CCN1C(=O)COc2ccc(C=NN=C3NC(=O)C(CC(=O)O)S3)cc21. The van der Waals surface area contributed by atoms with Gasteiger partial charge in [-0.15, -0.1) is 5.10 Å². The Morgan fingerprint density at radius 2 is 2.31 bits per heavy atom. The summed E-state index contributed by atoms with van der Waals surface area (Å²) in [7, 11) is 0. The van der Waals surface area contributed by atoms with Gasteiger partial charge >= 0.3 is 5.97 Å². The van der Waals surface area contributed by atoms with Crippen molar-refractivity contribution in [3.63, 3.8) is 0 Å². The lowest BCUT2D eigenvalue weighted by Gasteiger charge is -2.28. The molecule has 0 aliphatic carbocycles. The van der Waals surface area contributed by atoms with Crippen LogP contribution in [0.2, 0.25) is 0 Å². The van der Waals surface area contributed by atoms with Gasteiger partial charge in [0.15, 0.2) is 11.8 Å². The van der Waals surface area contributed by atoms with Gasteiger partial charge in [0.1, 0.15) is 11.0 Å². The number of rotatable bonds is 5. The summed E-state index contributed by atoms with van der Waals surface area (Å²) in [5.41, 5.74) is 1.38. The molecule has 136 valence electrons. The molecule has 10 heteroatoms. The highest BCUT2D eigenvalue weighted by Gasteiger charge is 2.32. The number of nitrogens with one attached hydrogen (secondary N) is 1. The lowest BCUT2D eigenvalue weighted by Crippen LogP contribution is -2.38. The molecule has 0 bridgehead atoms. The minimum absolute atomic E-state index is 0.0242. The average molecular weight is 376 g/mol. The minimum atomic E-state index is -1.05. The first-order valence-electron chi connectivity index (χ1n) is 7.85. The van der Waals surface area contributed by atoms with Gasteiger partial charge in [-0.3, -0.25) is 14.4 Å². The van der Waals surface area contributed by atoms with Crippen LogP contribution in [-0.2, 0) is 14.4 Å². The summed E-state index contributed by atoms with van der Waals surface area (Å²) in [4.78, 5) is 35.8. The first-order valence-corrected chi connectivity index (χ1v) is 8.73. The normalized spacial score (nSPS) is 21.0. The minimum Gasteiger partial charge on any atom is -0.482 e. The molecule has 2 N–H and O–H groups in total. The van der Waals surface area contributed by atoms with Gasteiger partial charge in [0.05, 0.1) is 18.3 Å².